The van der Waals surface area contributed by atoms with Crippen molar-refractivity contribution in [3.8, 4) is 0 Å². The van der Waals surface area contributed by atoms with Crippen molar-refractivity contribution in [3.63, 3.8) is 0 Å². The molecule has 1 saturated heterocycles. The Morgan fingerprint density at radius 1 is 1.50 bits per heavy atom. The number of thioether (sulfide) groups is 1. The lowest BCUT2D eigenvalue weighted by molar-refractivity contribution is 0.113. The number of nitrogens with one attached hydrogen (secondary N) is 1. The van der Waals surface area contributed by atoms with Gasteiger partial charge in [0.25, 0.3) is 0 Å². The summed E-state index contributed by atoms with van der Waals surface area (Å²) in [6, 6.07) is 0.735. The zero-order valence-corrected chi connectivity index (χ0v) is 9.43. The van der Waals surface area contributed by atoms with Gasteiger partial charge in [0.05, 0.1) is 12.7 Å². The molecule has 0 saturated carbocycles. The van der Waals surface area contributed by atoms with Crippen LogP contribution < -0.4 is 5.32 Å². The van der Waals surface area contributed by atoms with Gasteiger partial charge in [-0.05, 0) is 38.0 Å². The molecule has 14 heavy (non-hydrogen) atoms. The van der Waals surface area contributed by atoms with E-state index in [1.165, 1.54) is 32.2 Å². The minimum absolute atomic E-state index is 0.114. The number of rotatable bonds is 7. The number of hydrogen-bond acceptors (Lipinski definition) is 4. The van der Waals surface area contributed by atoms with Gasteiger partial charge in [-0.2, -0.15) is 11.8 Å². The maximum atomic E-state index is 9.09. The molecule has 0 aromatic rings. The Morgan fingerprint density at radius 3 is 3.00 bits per heavy atom. The molecular weight excluding hydrogens is 198 g/mol. The minimum atomic E-state index is -0.537. The van der Waals surface area contributed by atoms with Crippen LogP contribution in [0.15, 0.2) is 0 Å². The Morgan fingerprint density at radius 2 is 2.36 bits per heavy atom. The minimum Gasteiger partial charge on any atom is -0.394 e. The van der Waals surface area contributed by atoms with Gasteiger partial charge in [-0.1, -0.05) is 0 Å². The predicted octanol–water partition coefficient (Wildman–Crippen LogP) is 0.605. The SMILES string of the molecule is OCC(O)CSCCCC1CCCN1. The molecule has 0 spiro atoms. The number of hydrogen-bond donors (Lipinski definition) is 3. The van der Waals surface area contributed by atoms with Gasteiger partial charge < -0.3 is 15.5 Å². The fourth-order valence-corrected chi connectivity index (χ4v) is 2.62. The molecular formula is C10H21NO2S. The Hall–Kier alpha value is 0.230. The van der Waals surface area contributed by atoms with Crippen molar-refractivity contribution in [3.05, 3.63) is 0 Å². The second kappa shape index (κ2) is 7.51. The molecule has 1 aliphatic heterocycles. The molecule has 1 fully saturated rings. The van der Waals surface area contributed by atoms with Crippen LogP contribution in [0.1, 0.15) is 25.7 Å². The van der Waals surface area contributed by atoms with Crippen molar-refractivity contribution in [2.45, 2.75) is 37.8 Å². The molecule has 1 heterocycles. The molecule has 0 amide bonds. The Bertz CT molecular complexity index is 140. The normalized spacial score (nSPS) is 24.0. The topological polar surface area (TPSA) is 52.5 Å². The first kappa shape index (κ1) is 12.3. The molecule has 84 valence electrons. The zero-order chi connectivity index (χ0) is 10.2. The van der Waals surface area contributed by atoms with E-state index in [4.69, 9.17) is 10.2 Å². The molecule has 0 aromatic heterocycles. The van der Waals surface area contributed by atoms with Crippen molar-refractivity contribution in [2.24, 2.45) is 0 Å². The van der Waals surface area contributed by atoms with Crippen molar-refractivity contribution < 1.29 is 10.2 Å². The van der Waals surface area contributed by atoms with E-state index >= 15 is 0 Å². The third kappa shape index (κ3) is 5.20. The van der Waals surface area contributed by atoms with Gasteiger partial charge in [-0.25, -0.2) is 0 Å². The van der Waals surface area contributed by atoms with E-state index in [1.54, 1.807) is 11.8 Å². The molecule has 0 aromatic carbocycles. The molecule has 2 atom stereocenters. The Balaban J connectivity index is 1.84. The van der Waals surface area contributed by atoms with Gasteiger partial charge in [-0.15, -0.1) is 0 Å². The molecule has 1 rings (SSSR count). The highest BCUT2D eigenvalue weighted by atomic mass is 32.2. The fraction of sp³-hybridized carbons (Fsp3) is 1.00. The molecule has 1 aliphatic rings. The molecule has 0 bridgehead atoms. The lowest BCUT2D eigenvalue weighted by atomic mass is 10.1. The van der Waals surface area contributed by atoms with E-state index in [2.05, 4.69) is 5.32 Å². The molecule has 2 unspecified atom stereocenters. The van der Waals surface area contributed by atoms with Gasteiger partial charge in [0, 0.05) is 11.8 Å². The maximum Gasteiger partial charge on any atom is 0.0861 e. The van der Waals surface area contributed by atoms with Crippen LogP contribution in [0.5, 0.6) is 0 Å². The first-order chi connectivity index (χ1) is 6.83. The maximum absolute atomic E-state index is 9.09. The van der Waals surface area contributed by atoms with Crippen LogP contribution in [0.25, 0.3) is 0 Å². The first-order valence-corrected chi connectivity index (χ1v) is 6.58. The van der Waals surface area contributed by atoms with E-state index in [9.17, 15) is 0 Å². The highest BCUT2D eigenvalue weighted by molar-refractivity contribution is 7.99. The van der Waals surface area contributed by atoms with E-state index in [0.29, 0.717) is 5.75 Å². The predicted molar refractivity (Wildman–Crippen MR) is 60.7 cm³/mol. The van der Waals surface area contributed by atoms with Crippen molar-refractivity contribution in [2.75, 3.05) is 24.7 Å². The first-order valence-electron chi connectivity index (χ1n) is 5.43. The molecule has 0 aliphatic carbocycles. The second-order valence-electron chi connectivity index (χ2n) is 3.85. The van der Waals surface area contributed by atoms with E-state index in [0.717, 1.165) is 11.8 Å². The average Bonchev–Trinajstić information content (AvgIpc) is 2.69. The third-order valence-electron chi connectivity index (χ3n) is 2.52. The number of aliphatic hydroxyl groups is 2. The summed E-state index contributed by atoms with van der Waals surface area (Å²) in [4.78, 5) is 0. The third-order valence-corrected chi connectivity index (χ3v) is 3.72. The van der Waals surface area contributed by atoms with Crippen molar-refractivity contribution in [1.29, 1.82) is 0 Å². The van der Waals surface area contributed by atoms with Crippen LogP contribution in [0.4, 0.5) is 0 Å². The summed E-state index contributed by atoms with van der Waals surface area (Å²) in [6.45, 7) is 1.07. The van der Waals surface area contributed by atoms with Crippen LogP contribution in [0.2, 0.25) is 0 Å². The van der Waals surface area contributed by atoms with E-state index < -0.39 is 6.10 Å². The van der Waals surface area contributed by atoms with Gasteiger partial charge >= 0.3 is 0 Å². The standard InChI is InChI=1S/C10H21NO2S/c12-7-10(13)8-14-6-2-4-9-3-1-5-11-9/h9-13H,1-8H2. The molecule has 3 nitrogen and oxygen atoms in total. The summed E-state index contributed by atoms with van der Waals surface area (Å²) < 4.78 is 0. The van der Waals surface area contributed by atoms with Crippen molar-refractivity contribution in [1.82, 2.24) is 5.32 Å². The zero-order valence-electron chi connectivity index (χ0n) is 8.61. The van der Waals surface area contributed by atoms with Gasteiger partial charge in [0.15, 0.2) is 0 Å². The van der Waals surface area contributed by atoms with Crippen LogP contribution in [0, 0.1) is 0 Å². The fourth-order valence-electron chi connectivity index (χ4n) is 1.71. The summed E-state index contributed by atoms with van der Waals surface area (Å²) in [7, 11) is 0. The number of aliphatic hydroxyl groups excluding tert-OH is 2. The lowest BCUT2D eigenvalue weighted by Gasteiger charge is -2.10. The van der Waals surface area contributed by atoms with E-state index in [1.807, 2.05) is 0 Å². The van der Waals surface area contributed by atoms with Crippen LogP contribution in [-0.2, 0) is 0 Å². The summed E-state index contributed by atoms with van der Waals surface area (Å²) in [6.07, 6.45) is 4.57. The monoisotopic (exact) mass is 219 g/mol. The summed E-state index contributed by atoms with van der Waals surface area (Å²) >= 11 is 1.73. The molecule has 0 radical (unpaired) electrons. The highest BCUT2D eigenvalue weighted by Gasteiger charge is 2.12. The van der Waals surface area contributed by atoms with Gasteiger partial charge in [-0.3, -0.25) is 0 Å². The summed E-state index contributed by atoms with van der Waals surface area (Å²) in [5.41, 5.74) is 0. The average molecular weight is 219 g/mol. The van der Waals surface area contributed by atoms with Crippen LogP contribution in [-0.4, -0.2) is 47.0 Å². The van der Waals surface area contributed by atoms with Crippen LogP contribution >= 0.6 is 11.8 Å². The van der Waals surface area contributed by atoms with Gasteiger partial charge in [0.2, 0.25) is 0 Å². The molecule has 4 heteroatoms. The largest absolute Gasteiger partial charge is 0.394 e. The Kier molecular flexibility index (Phi) is 6.60. The second-order valence-corrected chi connectivity index (χ2v) is 5.00. The van der Waals surface area contributed by atoms with E-state index in [-0.39, 0.29) is 6.61 Å². The Labute approximate surface area is 90.3 Å². The highest BCUT2D eigenvalue weighted by Crippen LogP contribution is 2.13. The lowest BCUT2D eigenvalue weighted by Crippen LogP contribution is -2.21. The summed E-state index contributed by atoms with van der Waals surface area (Å²) in [5.74, 6) is 1.75. The quantitative estimate of drug-likeness (QED) is 0.549. The summed E-state index contributed by atoms with van der Waals surface area (Å²) in [5, 5.41) is 21.1. The molecule has 3 N–H and O–H groups in total. The van der Waals surface area contributed by atoms with Gasteiger partial charge in [0.1, 0.15) is 0 Å². The van der Waals surface area contributed by atoms with Crippen LogP contribution in [0.3, 0.4) is 0 Å². The smallest absolute Gasteiger partial charge is 0.0861 e. The van der Waals surface area contributed by atoms with Crippen molar-refractivity contribution >= 4 is 11.8 Å².